The van der Waals surface area contributed by atoms with Gasteiger partial charge < -0.3 is 24.9 Å². The number of halogens is 1. The number of piperazine rings is 1. The first-order valence-electron chi connectivity index (χ1n) is 12.6. The van der Waals surface area contributed by atoms with Crippen LogP contribution < -0.4 is 15.4 Å². The van der Waals surface area contributed by atoms with E-state index in [-0.39, 0.29) is 11.7 Å². The predicted octanol–water partition coefficient (Wildman–Crippen LogP) is 2.73. The number of hydrogen-bond donors (Lipinski definition) is 2. The molecule has 0 spiro atoms. The second kappa shape index (κ2) is 9.91. The minimum Gasteiger partial charge on any atom is -0.479 e. The largest absolute Gasteiger partial charge is 0.479 e. The van der Waals surface area contributed by atoms with E-state index >= 15 is 0 Å². The van der Waals surface area contributed by atoms with Gasteiger partial charge in [-0.3, -0.25) is 4.90 Å². The van der Waals surface area contributed by atoms with E-state index in [4.69, 9.17) is 20.0 Å². The molecule has 39 heavy (non-hydrogen) atoms. The van der Waals surface area contributed by atoms with E-state index < -0.39 is 17.9 Å². The van der Waals surface area contributed by atoms with Gasteiger partial charge in [0.1, 0.15) is 17.3 Å². The number of anilines is 2. The van der Waals surface area contributed by atoms with Crippen molar-refractivity contribution in [2.75, 3.05) is 43.4 Å². The molecule has 3 N–H and O–H groups in total. The molecule has 6 rings (SSSR count). The normalized spacial score (nSPS) is 15.3. The second-order valence-corrected chi connectivity index (χ2v) is 9.42. The maximum atomic E-state index is 14.8. The zero-order chi connectivity index (χ0) is 27.1. The number of nitrogen functional groups attached to an aromatic ring is 1. The van der Waals surface area contributed by atoms with Crippen molar-refractivity contribution in [1.82, 2.24) is 29.3 Å². The fourth-order valence-corrected chi connectivity index (χ4v) is 4.81. The Balaban J connectivity index is 1.10. The molecule has 4 aromatic heterocycles. The van der Waals surface area contributed by atoms with Crippen molar-refractivity contribution in [1.29, 1.82) is 0 Å². The molecule has 0 amide bonds. The first-order valence-corrected chi connectivity index (χ1v) is 12.6. The topological polar surface area (TPSA) is 140 Å². The number of aliphatic carboxylic acids is 1. The van der Waals surface area contributed by atoms with Gasteiger partial charge in [-0.1, -0.05) is 0 Å². The van der Waals surface area contributed by atoms with Crippen LogP contribution in [0.3, 0.4) is 0 Å². The van der Waals surface area contributed by atoms with Crippen molar-refractivity contribution in [2.24, 2.45) is 0 Å². The fraction of sp³-hybridized carbons (Fsp3) is 0.308. The molecule has 0 radical (unpaired) electrons. The van der Waals surface area contributed by atoms with E-state index in [2.05, 4.69) is 20.1 Å². The smallest absolute Gasteiger partial charge is 0.344 e. The summed E-state index contributed by atoms with van der Waals surface area (Å²) in [4.78, 5) is 19.8. The molecule has 13 heteroatoms. The van der Waals surface area contributed by atoms with Crippen molar-refractivity contribution in [3.63, 3.8) is 0 Å². The summed E-state index contributed by atoms with van der Waals surface area (Å²) < 4.78 is 28.9. The third-order valence-electron chi connectivity index (χ3n) is 6.93. The van der Waals surface area contributed by atoms with Gasteiger partial charge in [-0.05, 0) is 37.3 Å². The molecule has 5 aromatic rings. The quantitative estimate of drug-likeness (QED) is 0.305. The molecule has 202 valence electrons. The number of fused-ring (bicyclic) bond motifs is 3. The van der Waals surface area contributed by atoms with Gasteiger partial charge in [-0.15, -0.1) is 0 Å². The van der Waals surface area contributed by atoms with Crippen LogP contribution >= 0.6 is 0 Å². The maximum absolute atomic E-state index is 14.8. The Labute approximate surface area is 222 Å². The standard InChI is InChI=1S/C26H27FN8O4/c1-16(25(36)37)39-17-4-5-21(19(27)13-17)33-9-6-32(7-10-33)8-11-34-24-18(15-29-34)22-14-20(23-3-2-12-38-23)31-35(22)26(28)30-24/h2-5,12-16H,6-11H2,1H3,(H2,28,30)(H,36,37)/t16-/m0/s1. The van der Waals surface area contributed by atoms with Crippen LogP contribution in [0, 0.1) is 5.82 Å². The molecule has 1 aliphatic rings. The number of carboxylic acids is 1. The molecule has 1 saturated heterocycles. The van der Waals surface area contributed by atoms with E-state index in [1.54, 1.807) is 35.2 Å². The van der Waals surface area contributed by atoms with Crippen molar-refractivity contribution in [3.8, 4) is 17.2 Å². The Kier molecular flexibility index (Phi) is 6.27. The Bertz CT molecular complexity index is 1640. The molecule has 5 heterocycles. The van der Waals surface area contributed by atoms with Crippen molar-refractivity contribution in [2.45, 2.75) is 19.6 Å². The minimum absolute atomic E-state index is 0.191. The Morgan fingerprint density at radius 3 is 2.74 bits per heavy atom. The number of carboxylic acid groups (broad SMARTS) is 1. The molecule has 0 saturated carbocycles. The summed E-state index contributed by atoms with van der Waals surface area (Å²) in [6.07, 6.45) is 2.32. The Morgan fingerprint density at radius 1 is 1.21 bits per heavy atom. The van der Waals surface area contributed by atoms with Crippen molar-refractivity contribution >= 4 is 34.2 Å². The molecule has 1 fully saturated rings. The molecular weight excluding hydrogens is 507 g/mol. The summed E-state index contributed by atoms with van der Waals surface area (Å²) in [6.45, 7) is 5.58. The van der Waals surface area contributed by atoms with Gasteiger partial charge in [0.2, 0.25) is 5.95 Å². The second-order valence-electron chi connectivity index (χ2n) is 9.42. The number of benzene rings is 1. The molecule has 1 aromatic carbocycles. The summed E-state index contributed by atoms with van der Waals surface area (Å²) in [6, 6.07) is 10.0. The third-order valence-corrected chi connectivity index (χ3v) is 6.93. The minimum atomic E-state index is -1.10. The first kappa shape index (κ1) is 24.7. The van der Waals surface area contributed by atoms with Gasteiger partial charge in [0.05, 0.1) is 35.6 Å². The Morgan fingerprint density at radius 2 is 2.03 bits per heavy atom. The van der Waals surface area contributed by atoms with Gasteiger partial charge >= 0.3 is 5.97 Å². The van der Waals surface area contributed by atoms with Crippen LogP contribution in [-0.4, -0.2) is 79.2 Å². The number of rotatable bonds is 8. The molecule has 0 aliphatic carbocycles. The number of aromatic nitrogens is 5. The number of hydrogen-bond acceptors (Lipinski definition) is 9. The van der Waals surface area contributed by atoms with Crippen molar-refractivity contribution < 1.29 is 23.4 Å². The van der Waals surface area contributed by atoms with Gasteiger partial charge in [-0.25, -0.2) is 13.9 Å². The van der Waals surface area contributed by atoms with Crippen LogP contribution in [0.25, 0.3) is 28.0 Å². The lowest BCUT2D eigenvalue weighted by Crippen LogP contribution is -2.47. The zero-order valence-electron chi connectivity index (χ0n) is 21.2. The van der Waals surface area contributed by atoms with E-state index in [1.165, 1.54) is 13.0 Å². The Hall–Kier alpha value is -4.65. The van der Waals surface area contributed by atoms with Gasteiger partial charge in [0.25, 0.3) is 0 Å². The van der Waals surface area contributed by atoms with E-state index in [1.807, 2.05) is 21.7 Å². The van der Waals surface area contributed by atoms with Crippen molar-refractivity contribution in [3.05, 3.63) is 54.7 Å². The van der Waals surface area contributed by atoms with Crippen LogP contribution in [0.4, 0.5) is 16.0 Å². The highest BCUT2D eigenvalue weighted by Crippen LogP contribution is 2.28. The summed E-state index contributed by atoms with van der Waals surface area (Å²) in [5, 5.41) is 18.9. The lowest BCUT2D eigenvalue weighted by atomic mass is 10.2. The highest BCUT2D eigenvalue weighted by atomic mass is 19.1. The number of nitrogens with two attached hydrogens (primary N) is 1. The van der Waals surface area contributed by atoms with Crippen LogP contribution in [0.2, 0.25) is 0 Å². The van der Waals surface area contributed by atoms with E-state index in [9.17, 15) is 9.18 Å². The average Bonchev–Trinajstić information content (AvgIpc) is 3.68. The molecule has 0 bridgehead atoms. The highest BCUT2D eigenvalue weighted by molar-refractivity contribution is 5.93. The lowest BCUT2D eigenvalue weighted by Gasteiger charge is -2.36. The van der Waals surface area contributed by atoms with Crippen LogP contribution in [-0.2, 0) is 11.3 Å². The molecular formula is C26H27FN8O4. The van der Waals surface area contributed by atoms with Crippen LogP contribution in [0.15, 0.2) is 53.3 Å². The molecule has 12 nitrogen and oxygen atoms in total. The molecule has 1 atom stereocenters. The summed E-state index contributed by atoms with van der Waals surface area (Å²) in [5.41, 5.74) is 8.85. The summed E-state index contributed by atoms with van der Waals surface area (Å²) >= 11 is 0. The number of nitrogens with zero attached hydrogens (tertiary/aromatic N) is 7. The highest BCUT2D eigenvalue weighted by Gasteiger charge is 2.22. The van der Waals surface area contributed by atoms with E-state index in [0.717, 1.165) is 30.5 Å². The fourth-order valence-electron chi connectivity index (χ4n) is 4.81. The third kappa shape index (κ3) is 4.72. The SMILES string of the molecule is C[C@H](Oc1ccc(N2CCN(CCn3ncc4c3nc(N)n3nc(-c5ccco5)cc43)CC2)c(F)c1)C(=O)O. The lowest BCUT2D eigenvalue weighted by molar-refractivity contribution is -0.144. The van der Waals surface area contributed by atoms with Gasteiger partial charge in [0.15, 0.2) is 17.5 Å². The summed E-state index contributed by atoms with van der Waals surface area (Å²) in [7, 11) is 0. The molecule has 0 unspecified atom stereocenters. The van der Waals surface area contributed by atoms with Crippen LogP contribution in [0.1, 0.15) is 6.92 Å². The first-order chi connectivity index (χ1) is 18.9. The van der Waals surface area contributed by atoms with Gasteiger partial charge in [-0.2, -0.15) is 19.7 Å². The number of furan rings is 1. The van der Waals surface area contributed by atoms with Gasteiger partial charge in [0, 0.05) is 38.8 Å². The monoisotopic (exact) mass is 534 g/mol. The van der Waals surface area contributed by atoms with Crippen LogP contribution in [0.5, 0.6) is 5.75 Å². The maximum Gasteiger partial charge on any atom is 0.344 e. The molecule has 1 aliphatic heterocycles. The zero-order valence-corrected chi connectivity index (χ0v) is 21.2. The predicted molar refractivity (Wildman–Crippen MR) is 141 cm³/mol. The van der Waals surface area contributed by atoms with E-state index in [0.29, 0.717) is 42.4 Å². The summed E-state index contributed by atoms with van der Waals surface area (Å²) in [5.74, 6) is -0.439. The number of carbonyl (C=O) groups is 1. The number of ether oxygens (including phenoxy) is 1. The average molecular weight is 535 g/mol.